The zero-order valence-corrected chi connectivity index (χ0v) is 26.0. The van der Waals surface area contributed by atoms with Crippen molar-refractivity contribution in [3.63, 3.8) is 0 Å². The highest BCUT2D eigenvalue weighted by Gasteiger charge is 2.63. The monoisotopic (exact) mass is 647 g/mol. The molecule has 2 atom stereocenters. The molecule has 4 bridgehead atoms. The number of amides is 3. The molecule has 2 saturated carbocycles. The van der Waals surface area contributed by atoms with Crippen molar-refractivity contribution in [2.24, 2.45) is 16.7 Å². The van der Waals surface area contributed by atoms with E-state index in [1.807, 2.05) is 4.90 Å². The van der Waals surface area contributed by atoms with Gasteiger partial charge in [-0.2, -0.15) is 21.6 Å². The number of sulfonamides is 1. The Balaban J connectivity index is 1.21. The molecule has 242 valence electrons. The first-order valence-electron chi connectivity index (χ1n) is 15.3. The molecule has 0 radical (unpaired) electrons. The number of urea groups is 1. The van der Waals surface area contributed by atoms with Gasteiger partial charge in [-0.15, -0.1) is 0 Å². The van der Waals surface area contributed by atoms with E-state index in [9.17, 15) is 31.2 Å². The number of carbonyl (C=O) groups is 2. The summed E-state index contributed by atoms with van der Waals surface area (Å²) in [5.41, 5.74) is -2.08. The van der Waals surface area contributed by atoms with Crippen molar-refractivity contribution in [2.75, 3.05) is 47.8 Å². The second kappa shape index (κ2) is 9.94. The SMILES string of the molecule is CC1(C)CC23CC2CCNc2cccc(n2)S(=O)(=O)NC(=O)c2ccc(N4CCN(CCC5(C(F)(F)F)CC5)C4=O)nc2N1C3. The quantitative estimate of drug-likeness (QED) is 0.501. The highest BCUT2D eigenvalue weighted by Crippen LogP contribution is 2.64. The molecule has 2 unspecified atom stereocenters. The maximum atomic E-state index is 13.7. The molecule has 11 nitrogen and oxygen atoms in total. The summed E-state index contributed by atoms with van der Waals surface area (Å²) in [6, 6.07) is 7.08. The Hall–Kier alpha value is -3.62. The van der Waals surface area contributed by atoms with E-state index >= 15 is 0 Å². The van der Waals surface area contributed by atoms with Gasteiger partial charge in [-0.05, 0) is 88.0 Å². The molecule has 4 fully saturated rings. The van der Waals surface area contributed by atoms with Crippen molar-refractivity contribution in [1.82, 2.24) is 19.6 Å². The molecular weight excluding hydrogens is 611 g/mol. The van der Waals surface area contributed by atoms with Gasteiger partial charge in [0.2, 0.25) is 0 Å². The summed E-state index contributed by atoms with van der Waals surface area (Å²) in [5.74, 6) is 0.480. The van der Waals surface area contributed by atoms with Crippen LogP contribution in [0.4, 0.5) is 35.4 Å². The van der Waals surface area contributed by atoms with E-state index in [0.717, 1.165) is 19.3 Å². The fourth-order valence-corrected chi connectivity index (χ4v) is 8.50. The van der Waals surface area contributed by atoms with Crippen LogP contribution in [0.3, 0.4) is 0 Å². The second-order valence-electron chi connectivity index (χ2n) is 13.8. The molecule has 2 aromatic rings. The van der Waals surface area contributed by atoms with Crippen molar-refractivity contribution in [1.29, 1.82) is 0 Å². The first-order valence-corrected chi connectivity index (χ1v) is 16.8. The molecule has 3 amide bonds. The molecule has 2 N–H and O–H groups in total. The predicted octanol–water partition coefficient (Wildman–Crippen LogP) is 4.38. The van der Waals surface area contributed by atoms with Crippen molar-refractivity contribution < 1.29 is 31.2 Å². The number of nitrogens with zero attached hydrogens (tertiary/aromatic N) is 5. The number of carbonyl (C=O) groups excluding carboxylic acids is 2. The molecule has 7 rings (SSSR count). The molecule has 5 aliphatic rings. The van der Waals surface area contributed by atoms with Gasteiger partial charge in [0.25, 0.3) is 15.9 Å². The molecule has 1 spiro atoms. The van der Waals surface area contributed by atoms with Crippen molar-refractivity contribution >= 4 is 39.4 Å². The zero-order chi connectivity index (χ0) is 32.0. The number of fused-ring (bicyclic) bond motifs is 5. The third-order valence-electron chi connectivity index (χ3n) is 10.4. The van der Waals surface area contributed by atoms with Gasteiger partial charge in [-0.25, -0.2) is 19.5 Å². The third-order valence-corrected chi connectivity index (χ3v) is 11.7. The van der Waals surface area contributed by atoms with Crippen LogP contribution in [0.25, 0.3) is 0 Å². The number of rotatable bonds is 4. The highest BCUT2D eigenvalue weighted by molar-refractivity contribution is 7.90. The summed E-state index contributed by atoms with van der Waals surface area (Å²) in [6.45, 7) is 5.84. The lowest BCUT2D eigenvalue weighted by Gasteiger charge is -2.34. The number of aromatic nitrogens is 2. The Kier molecular flexibility index (Phi) is 6.64. The Morgan fingerprint density at radius 1 is 1.07 bits per heavy atom. The minimum atomic E-state index is -4.33. The van der Waals surface area contributed by atoms with Crippen LogP contribution in [0.2, 0.25) is 0 Å². The van der Waals surface area contributed by atoms with E-state index in [1.54, 1.807) is 12.1 Å². The first-order chi connectivity index (χ1) is 21.1. The van der Waals surface area contributed by atoms with Gasteiger partial charge in [0.15, 0.2) is 5.03 Å². The average Bonchev–Trinajstić information content (AvgIpc) is 3.83. The largest absolute Gasteiger partial charge is 0.394 e. The minimum Gasteiger partial charge on any atom is -0.370 e. The van der Waals surface area contributed by atoms with Crippen molar-refractivity contribution in [2.45, 2.75) is 69.1 Å². The second-order valence-corrected chi connectivity index (χ2v) is 15.5. The van der Waals surface area contributed by atoms with Gasteiger partial charge in [0, 0.05) is 38.3 Å². The third kappa shape index (κ3) is 5.16. The summed E-state index contributed by atoms with van der Waals surface area (Å²) in [7, 11) is -4.33. The molecule has 5 heterocycles. The normalized spacial score (nSPS) is 27.9. The van der Waals surface area contributed by atoms with Gasteiger partial charge in [-0.1, -0.05) is 6.07 Å². The molecule has 3 aliphatic heterocycles. The average molecular weight is 648 g/mol. The van der Waals surface area contributed by atoms with Crippen molar-refractivity contribution in [3.05, 3.63) is 35.9 Å². The van der Waals surface area contributed by atoms with E-state index in [4.69, 9.17) is 4.98 Å². The van der Waals surface area contributed by atoms with Crippen LogP contribution in [0.15, 0.2) is 35.4 Å². The summed E-state index contributed by atoms with van der Waals surface area (Å²) in [5, 5.41) is 2.92. The maximum Gasteiger partial charge on any atom is 0.394 e. The number of alkyl halides is 3. The van der Waals surface area contributed by atoms with Crippen LogP contribution in [0.1, 0.15) is 62.7 Å². The number of nitrogens with one attached hydrogen (secondary N) is 2. The lowest BCUT2D eigenvalue weighted by Crippen LogP contribution is -2.41. The van der Waals surface area contributed by atoms with Gasteiger partial charge >= 0.3 is 12.2 Å². The molecule has 15 heteroatoms. The Morgan fingerprint density at radius 2 is 1.84 bits per heavy atom. The molecule has 0 aromatic carbocycles. The lowest BCUT2D eigenvalue weighted by molar-refractivity contribution is -0.189. The Morgan fingerprint density at radius 3 is 2.58 bits per heavy atom. The molecule has 2 saturated heterocycles. The molecule has 2 aliphatic carbocycles. The number of pyridine rings is 2. The van der Waals surface area contributed by atoms with E-state index in [1.165, 1.54) is 28.0 Å². The molecule has 2 aromatic heterocycles. The standard InChI is InChI=1S/C30H36F3N7O4S/c1-27(2)17-28-16-19(28)8-12-34-21-4-3-5-23(35-21)45(43,44)37-25(41)20-6-7-22(36-24(20)40(27)18-28)39-15-14-38(26(39)42)13-11-29(9-10-29)30(31,32)33/h3-7,19H,8-18H2,1-2H3,(H,34,35)(H,37,41). The first kappa shape index (κ1) is 30.1. The van der Waals surface area contributed by atoms with E-state index in [2.05, 4.69) is 28.9 Å². The van der Waals surface area contributed by atoms with Crippen LogP contribution in [0, 0.1) is 16.7 Å². The summed E-state index contributed by atoms with van der Waals surface area (Å²) < 4.78 is 69.1. The maximum absolute atomic E-state index is 13.7. The van der Waals surface area contributed by atoms with E-state index in [0.29, 0.717) is 24.8 Å². The fourth-order valence-electron chi connectivity index (χ4n) is 7.57. The Labute approximate surface area is 259 Å². The van der Waals surface area contributed by atoms with E-state index in [-0.39, 0.29) is 66.5 Å². The predicted molar refractivity (Wildman–Crippen MR) is 159 cm³/mol. The van der Waals surface area contributed by atoms with Crippen LogP contribution >= 0.6 is 0 Å². The van der Waals surface area contributed by atoms with E-state index < -0.39 is 39.1 Å². The fraction of sp³-hybridized carbons (Fsp3) is 0.600. The number of halogens is 3. The van der Waals surface area contributed by atoms with Crippen LogP contribution < -0.4 is 19.8 Å². The number of hydrogen-bond acceptors (Lipinski definition) is 8. The van der Waals surface area contributed by atoms with Gasteiger partial charge in [0.1, 0.15) is 17.5 Å². The zero-order valence-electron chi connectivity index (χ0n) is 25.2. The van der Waals surface area contributed by atoms with Crippen LogP contribution in [-0.2, 0) is 10.0 Å². The van der Waals surface area contributed by atoms with Crippen LogP contribution in [-0.4, -0.2) is 79.7 Å². The van der Waals surface area contributed by atoms with Gasteiger partial charge in [-0.3, -0.25) is 9.69 Å². The highest BCUT2D eigenvalue weighted by atomic mass is 32.2. The smallest absolute Gasteiger partial charge is 0.370 e. The molecule has 45 heavy (non-hydrogen) atoms. The minimum absolute atomic E-state index is 0.00674. The summed E-state index contributed by atoms with van der Waals surface area (Å²) in [4.78, 5) is 41.0. The van der Waals surface area contributed by atoms with Crippen molar-refractivity contribution in [3.8, 4) is 0 Å². The van der Waals surface area contributed by atoms with Gasteiger partial charge in [0.05, 0.1) is 11.0 Å². The van der Waals surface area contributed by atoms with Crippen LogP contribution in [0.5, 0.6) is 0 Å². The topological polar surface area (TPSA) is 128 Å². The number of hydrogen-bond donors (Lipinski definition) is 2. The summed E-state index contributed by atoms with van der Waals surface area (Å²) in [6.07, 6.45) is -1.54. The summed E-state index contributed by atoms with van der Waals surface area (Å²) >= 11 is 0. The lowest BCUT2D eigenvalue weighted by atomic mass is 9.92. The van der Waals surface area contributed by atoms with Gasteiger partial charge < -0.3 is 15.1 Å². The Bertz CT molecular complexity index is 1680. The molecular formula is C30H36F3N7O4S. The number of anilines is 3.